The highest BCUT2D eigenvalue weighted by Gasteiger charge is 2.35. The number of imide groups is 1. The van der Waals surface area contributed by atoms with Gasteiger partial charge in [-0.1, -0.05) is 24.3 Å². The van der Waals surface area contributed by atoms with E-state index in [9.17, 15) is 24.5 Å². The van der Waals surface area contributed by atoms with Crippen LogP contribution < -0.4 is 0 Å². The number of benzene rings is 2. The Labute approximate surface area is 163 Å². The van der Waals surface area contributed by atoms with Gasteiger partial charge in [0.25, 0.3) is 16.8 Å². The summed E-state index contributed by atoms with van der Waals surface area (Å²) in [6, 6.07) is 12.2. The second-order valence-electron chi connectivity index (χ2n) is 5.81. The van der Waals surface area contributed by atoms with Gasteiger partial charge in [0.05, 0.1) is 29.0 Å². The van der Waals surface area contributed by atoms with Gasteiger partial charge in [-0.05, 0) is 41.1 Å². The van der Waals surface area contributed by atoms with Gasteiger partial charge >= 0.3 is 5.97 Å². The van der Waals surface area contributed by atoms with Crippen molar-refractivity contribution in [3.8, 4) is 0 Å². The molecule has 0 N–H and O–H groups in total. The molecule has 8 nitrogen and oxygen atoms in total. The van der Waals surface area contributed by atoms with Gasteiger partial charge in [-0.15, -0.1) is 0 Å². The maximum atomic E-state index is 12.6. The van der Waals surface area contributed by atoms with Crippen LogP contribution in [0, 0.1) is 10.1 Å². The standard InChI is InChI=1S/C19H14N2O6S/c1-27-18(23)14-7-5-12(6-8-14)11-20-17(22)16(28-19(20)24)10-13-3-2-4-15(9-13)21(25)26/h2-10H,11H2,1H3. The highest BCUT2D eigenvalue weighted by Crippen LogP contribution is 2.33. The molecule has 0 unspecified atom stereocenters. The number of nitro groups is 1. The van der Waals surface area contributed by atoms with Crippen molar-refractivity contribution in [1.82, 2.24) is 4.90 Å². The number of hydrogen-bond donors (Lipinski definition) is 0. The molecule has 2 aromatic rings. The first kappa shape index (κ1) is 19.3. The third-order valence-electron chi connectivity index (χ3n) is 3.97. The summed E-state index contributed by atoms with van der Waals surface area (Å²) in [5.74, 6) is -0.948. The van der Waals surface area contributed by atoms with Gasteiger partial charge in [0.2, 0.25) is 0 Å². The minimum absolute atomic E-state index is 0.0540. The minimum atomic E-state index is -0.527. The Hall–Kier alpha value is -3.46. The maximum Gasteiger partial charge on any atom is 0.337 e. The van der Waals surface area contributed by atoms with Crippen LogP contribution in [-0.2, 0) is 16.1 Å². The number of carbonyl (C=O) groups is 3. The summed E-state index contributed by atoms with van der Waals surface area (Å²) in [5.41, 5.74) is 1.40. The van der Waals surface area contributed by atoms with Gasteiger partial charge in [-0.3, -0.25) is 24.6 Å². The Balaban J connectivity index is 1.77. The van der Waals surface area contributed by atoms with Crippen molar-refractivity contribution in [1.29, 1.82) is 0 Å². The van der Waals surface area contributed by atoms with E-state index in [0.29, 0.717) is 16.7 Å². The van der Waals surface area contributed by atoms with E-state index in [1.165, 1.54) is 31.4 Å². The zero-order chi connectivity index (χ0) is 20.3. The predicted octanol–water partition coefficient (Wildman–Crippen LogP) is 3.62. The minimum Gasteiger partial charge on any atom is -0.465 e. The number of rotatable bonds is 5. The van der Waals surface area contributed by atoms with Crippen molar-refractivity contribution in [2.75, 3.05) is 7.11 Å². The largest absolute Gasteiger partial charge is 0.465 e. The molecule has 0 spiro atoms. The Bertz CT molecular complexity index is 1000. The number of non-ortho nitro benzene ring substituents is 1. The molecule has 0 atom stereocenters. The van der Waals surface area contributed by atoms with Crippen molar-refractivity contribution in [2.24, 2.45) is 0 Å². The van der Waals surface area contributed by atoms with E-state index >= 15 is 0 Å². The molecule has 2 amide bonds. The summed E-state index contributed by atoms with van der Waals surface area (Å²) in [5, 5.41) is 10.4. The van der Waals surface area contributed by atoms with E-state index in [-0.39, 0.29) is 17.1 Å². The molecule has 0 saturated carbocycles. The summed E-state index contributed by atoms with van der Waals surface area (Å²) >= 11 is 0.776. The van der Waals surface area contributed by atoms with Crippen LogP contribution in [0.2, 0.25) is 0 Å². The zero-order valence-electron chi connectivity index (χ0n) is 14.7. The van der Waals surface area contributed by atoms with Crippen molar-refractivity contribution in [3.05, 3.63) is 80.2 Å². The van der Waals surface area contributed by atoms with Crippen LogP contribution in [0.15, 0.2) is 53.4 Å². The van der Waals surface area contributed by atoms with Gasteiger partial charge in [0.15, 0.2) is 0 Å². The Morgan fingerprint density at radius 1 is 1.21 bits per heavy atom. The van der Waals surface area contributed by atoms with Gasteiger partial charge < -0.3 is 4.74 Å². The molecule has 1 fully saturated rings. The van der Waals surface area contributed by atoms with Crippen molar-refractivity contribution in [3.63, 3.8) is 0 Å². The molecule has 0 bridgehead atoms. The zero-order valence-corrected chi connectivity index (χ0v) is 15.5. The number of amides is 2. The molecule has 1 aliphatic rings. The average Bonchev–Trinajstić information content (AvgIpc) is 2.95. The molecule has 1 aliphatic heterocycles. The summed E-state index contributed by atoms with van der Waals surface area (Å²) in [7, 11) is 1.28. The molecule has 1 saturated heterocycles. The van der Waals surface area contributed by atoms with Crippen LogP contribution in [-0.4, -0.2) is 34.0 Å². The van der Waals surface area contributed by atoms with E-state index in [1.54, 1.807) is 30.3 Å². The molecule has 2 aromatic carbocycles. The van der Waals surface area contributed by atoms with Gasteiger partial charge in [0.1, 0.15) is 0 Å². The van der Waals surface area contributed by atoms with Crippen LogP contribution in [0.1, 0.15) is 21.5 Å². The number of thioether (sulfide) groups is 1. The number of carbonyl (C=O) groups excluding carboxylic acids is 3. The number of nitrogens with zero attached hydrogens (tertiary/aromatic N) is 2. The Kier molecular flexibility index (Phi) is 5.55. The number of nitro benzene ring substituents is 1. The molecule has 0 aliphatic carbocycles. The summed E-state index contributed by atoms with van der Waals surface area (Å²) in [6.07, 6.45) is 1.46. The molecule has 142 valence electrons. The lowest BCUT2D eigenvalue weighted by atomic mass is 10.1. The summed E-state index contributed by atoms with van der Waals surface area (Å²) in [6.45, 7) is 0.0540. The second-order valence-corrected chi connectivity index (χ2v) is 6.80. The van der Waals surface area contributed by atoms with E-state index < -0.39 is 22.0 Å². The van der Waals surface area contributed by atoms with Gasteiger partial charge in [-0.25, -0.2) is 4.79 Å². The molecule has 28 heavy (non-hydrogen) atoms. The fourth-order valence-electron chi connectivity index (χ4n) is 2.56. The first-order chi connectivity index (χ1) is 13.4. The fraction of sp³-hybridized carbons (Fsp3) is 0.105. The quantitative estimate of drug-likeness (QED) is 0.328. The van der Waals surface area contributed by atoms with Crippen molar-refractivity contribution >= 4 is 40.6 Å². The number of ether oxygens (including phenoxy) is 1. The average molecular weight is 398 g/mol. The van der Waals surface area contributed by atoms with Crippen molar-refractivity contribution < 1.29 is 24.0 Å². The summed E-state index contributed by atoms with van der Waals surface area (Å²) < 4.78 is 4.63. The normalized spacial score (nSPS) is 15.2. The molecule has 0 radical (unpaired) electrons. The number of esters is 1. The van der Waals surface area contributed by atoms with Crippen LogP contribution >= 0.6 is 11.8 Å². The van der Waals surface area contributed by atoms with Gasteiger partial charge in [-0.2, -0.15) is 0 Å². The summed E-state index contributed by atoms with van der Waals surface area (Å²) in [4.78, 5) is 47.9. The molecule has 3 rings (SSSR count). The Morgan fingerprint density at radius 2 is 1.93 bits per heavy atom. The fourth-order valence-corrected chi connectivity index (χ4v) is 3.40. The lowest BCUT2D eigenvalue weighted by molar-refractivity contribution is -0.384. The molecule has 1 heterocycles. The second kappa shape index (κ2) is 8.05. The molecule has 9 heteroatoms. The van der Waals surface area contributed by atoms with Crippen LogP contribution in [0.25, 0.3) is 6.08 Å². The van der Waals surface area contributed by atoms with E-state index in [0.717, 1.165) is 16.7 Å². The third-order valence-corrected chi connectivity index (χ3v) is 4.88. The maximum absolute atomic E-state index is 12.6. The molecular formula is C19H14N2O6S. The first-order valence-electron chi connectivity index (χ1n) is 8.06. The third kappa shape index (κ3) is 4.09. The van der Waals surface area contributed by atoms with E-state index in [4.69, 9.17) is 0 Å². The van der Waals surface area contributed by atoms with E-state index in [2.05, 4.69) is 4.74 Å². The van der Waals surface area contributed by atoms with Crippen LogP contribution in [0.4, 0.5) is 10.5 Å². The van der Waals surface area contributed by atoms with Crippen LogP contribution in [0.5, 0.6) is 0 Å². The predicted molar refractivity (Wildman–Crippen MR) is 102 cm³/mol. The lowest BCUT2D eigenvalue weighted by Gasteiger charge is -2.12. The highest BCUT2D eigenvalue weighted by atomic mass is 32.2. The topological polar surface area (TPSA) is 107 Å². The van der Waals surface area contributed by atoms with E-state index in [1.807, 2.05) is 0 Å². The lowest BCUT2D eigenvalue weighted by Crippen LogP contribution is -2.27. The Morgan fingerprint density at radius 3 is 2.57 bits per heavy atom. The smallest absolute Gasteiger partial charge is 0.337 e. The SMILES string of the molecule is COC(=O)c1ccc(CN2C(=O)SC(=Cc3cccc([N+](=O)[O-])c3)C2=O)cc1. The van der Waals surface area contributed by atoms with Crippen LogP contribution in [0.3, 0.4) is 0 Å². The first-order valence-corrected chi connectivity index (χ1v) is 8.88. The number of hydrogen-bond acceptors (Lipinski definition) is 7. The van der Waals surface area contributed by atoms with Crippen molar-refractivity contribution in [2.45, 2.75) is 6.54 Å². The number of methoxy groups -OCH3 is 1. The monoisotopic (exact) mass is 398 g/mol. The molecule has 0 aromatic heterocycles. The molecular weight excluding hydrogens is 384 g/mol. The van der Waals surface area contributed by atoms with Gasteiger partial charge in [0, 0.05) is 12.1 Å². The highest BCUT2D eigenvalue weighted by molar-refractivity contribution is 8.18.